The van der Waals surface area contributed by atoms with Crippen molar-refractivity contribution in [1.82, 2.24) is 15.1 Å². The predicted molar refractivity (Wildman–Crippen MR) is 60.9 cm³/mol. The smallest absolute Gasteiger partial charge is 0.0492 e. The first-order valence-corrected chi connectivity index (χ1v) is 5.60. The van der Waals surface area contributed by atoms with Crippen molar-refractivity contribution in [2.24, 2.45) is 7.05 Å². The third-order valence-corrected chi connectivity index (χ3v) is 2.33. The van der Waals surface area contributed by atoms with E-state index in [1.165, 1.54) is 5.69 Å². The third-order valence-electron chi connectivity index (χ3n) is 2.33. The van der Waals surface area contributed by atoms with Crippen LogP contribution in [0.15, 0.2) is 12.3 Å². The van der Waals surface area contributed by atoms with Crippen molar-refractivity contribution in [2.45, 2.75) is 19.8 Å². The van der Waals surface area contributed by atoms with Gasteiger partial charge in [0.25, 0.3) is 0 Å². The molecule has 0 aliphatic carbocycles. The minimum Gasteiger partial charge on any atom is -0.382 e. The summed E-state index contributed by atoms with van der Waals surface area (Å²) < 4.78 is 7.17. The maximum atomic E-state index is 5.25. The second-order valence-corrected chi connectivity index (χ2v) is 3.50. The number of ether oxygens (including phenoxy) is 1. The molecule has 1 heterocycles. The van der Waals surface area contributed by atoms with Crippen molar-refractivity contribution in [1.29, 1.82) is 0 Å². The van der Waals surface area contributed by atoms with Crippen LogP contribution in [0.25, 0.3) is 0 Å². The summed E-state index contributed by atoms with van der Waals surface area (Å²) in [5.41, 5.74) is 1.27. The highest BCUT2D eigenvalue weighted by atomic mass is 16.5. The van der Waals surface area contributed by atoms with Gasteiger partial charge in [-0.2, -0.15) is 5.10 Å². The Hall–Kier alpha value is -0.870. The second kappa shape index (κ2) is 7.43. The fourth-order valence-electron chi connectivity index (χ4n) is 1.43. The average Bonchev–Trinajstić information content (AvgIpc) is 2.63. The summed E-state index contributed by atoms with van der Waals surface area (Å²) in [4.78, 5) is 0. The van der Waals surface area contributed by atoms with Gasteiger partial charge in [-0.25, -0.2) is 0 Å². The molecule has 1 N–H and O–H groups in total. The zero-order valence-electron chi connectivity index (χ0n) is 9.70. The van der Waals surface area contributed by atoms with E-state index in [-0.39, 0.29) is 0 Å². The Balaban J connectivity index is 1.96. The number of nitrogens with one attached hydrogen (secondary N) is 1. The van der Waals surface area contributed by atoms with Crippen molar-refractivity contribution in [2.75, 3.05) is 26.3 Å². The number of hydrogen-bond acceptors (Lipinski definition) is 3. The summed E-state index contributed by atoms with van der Waals surface area (Å²) in [6.07, 6.45) is 3.95. The monoisotopic (exact) mass is 211 g/mol. The van der Waals surface area contributed by atoms with Crippen LogP contribution in [0.2, 0.25) is 0 Å². The molecule has 0 saturated heterocycles. The van der Waals surface area contributed by atoms with Crippen LogP contribution in [0, 0.1) is 0 Å². The lowest BCUT2D eigenvalue weighted by atomic mass is 10.3. The third kappa shape index (κ3) is 4.95. The van der Waals surface area contributed by atoms with Crippen LogP contribution in [0.5, 0.6) is 0 Å². The van der Waals surface area contributed by atoms with E-state index in [0.717, 1.165) is 39.1 Å². The summed E-state index contributed by atoms with van der Waals surface area (Å²) in [7, 11) is 1.98. The van der Waals surface area contributed by atoms with Gasteiger partial charge < -0.3 is 10.1 Å². The minimum atomic E-state index is 0.815. The Bertz CT molecular complexity index is 260. The van der Waals surface area contributed by atoms with Gasteiger partial charge >= 0.3 is 0 Å². The number of nitrogens with zero attached hydrogens (tertiary/aromatic N) is 2. The van der Waals surface area contributed by atoms with E-state index >= 15 is 0 Å². The molecule has 0 aliphatic rings. The Morgan fingerprint density at radius 2 is 2.33 bits per heavy atom. The van der Waals surface area contributed by atoms with Gasteiger partial charge in [0.2, 0.25) is 0 Å². The standard InChI is InChI=1S/C11H21N3O/c1-3-15-10-4-7-12-8-5-11-6-9-13-14(11)2/h6,9,12H,3-5,7-8,10H2,1-2H3. The van der Waals surface area contributed by atoms with E-state index in [0.29, 0.717) is 0 Å². The highest BCUT2D eigenvalue weighted by Gasteiger charge is 1.96. The predicted octanol–water partition coefficient (Wildman–Crippen LogP) is 0.979. The summed E-state index contributed by atoms with van der Waals surface area (Å²) >= 11 is 0. The van der Waals surface area contributed by atoms with Crippen molar-refractivity contribution < 1.29 is 4.74 Å². The number of aryl methyl sites for hydroxylation is 1. The molecule has 0 fully saturated rings. The molecule has 1 aromatic rings. The maximum Gasteiger partial charge on any atom is 0.0492 e. The van der Waals surface area contributed by atoms with E-state index in [4.69, 9.17) is 4.74 Å². The maximum absolute atomic E-state index is 5.25. The van der Waals surface area contributed by atoms with E-state index in [1.54, 1.807) is 0 Å². The zero-order valence-corrected chi connectivity index (χ0v) is 9.70. The Labute approximate surface area is 91.6 Å². The van der Waals surface area contributed by atoms with Gasteiger partial charge in [0.1, 0.15) is 0 Å². The van der Waals surface area contributed by atoms with Crippen LogP contribution in [0.1, 0.15) is 19.0 Å². The first kappa shape index (κ1) is 12.2. The highest BCUT2D eigenvalue weighted by molar-refractivity contribution is 5.00. The van der Waals surface area contributed by atoms with Crippen molar-refractivity contribution in [3.05, 3.63) is 18.0 Å². The number of aromatic nitrogens is 2. The molecule has 15 heavy (non-hydrogen) atoms. The second-order valence-electron chi connectivity index (χ2n) is 3.50. The van der Waals surface area contributed by atoms with E-state index < -0.39 is 0 Å². The first-order chi connectivity index (χ1) is 7.34. The first-order valence-electron chi connectivity index (χ1n) is 5.60. The van der Waals surface area contributed by atoms with Crippen LogP contribution in [0.4, 0.5) is 0 Å². The summed E-state index contributed by atoms with van der Waals surface area (Å²) in [5, 5.41) is 7.51. The molecule has 1 aromatic heterocycles. The fraction of sp³-hybridized carbons (Fsp3) is 0.727. The van der Waals surface area contributed by atoms with Crippen molar-refractivity contribution in [3.8, 4) is 0 Å². The highest BCUT2D eigenvalue weighted by Crippen LogP contribution is 1.95. The lowest BCUT2D eigenvalue weighted by Gasteiger charge is -2.05. The van der Waals surface area contributed by atoms with Gasteiger partial charge in [-0.1, -0.05) is 0 Å². The lowest BCUT2D eigenvalue weighted by molar-refractivity contribution is 0.145. The normalized spacial score (nSPS) is 10.8. The summed E-state index contributed by atoms with van der Waals surface area (Å²) in [6.45, 7) is 5.73. The quantitative estimate of drug-likeness (QED) is 0.651. The van der Waals surface area contributed by atoms with E-state index in [9.17, 15) is 0 Å². The van der Waals surface area contributed by atoms with Gasteiger partial charge in [0.05, 0.1) is 0 Å². The fourth-order valence-corrected chi connectivity index (χ4v) is 1.43. The van der Waals surface area contributed by atoms with Gasteiger partial charge in [-0.3, -0.25) is 4.68 Å². The van der Waals surface area contributed by atoms with Gasteiger partial charge in [0.15, 0.2) is 0 Å². The Morgan fingerprint density at radius 3 is 3.00 bits per heavy atom. The average molecular weight is 211 g/mol. The van der Waals surface area contributed by atoms with E-state index in [1.807, 2.05) is 24.9 Å². The SMILES string of the molecule is CCOCCCNCCc1ccnn1C. The Morgan fingerprint density at radius 1 is 1.47 bits per heavy atom. The minimum absolute atomic E-state index is 0.815. The molecule has 0 unspecified atom stereocenters. The molecule has 86 valence electrons. The number of hydrogen-bond donors (Lipinski definition) is 1. The molecule has 0 amide bonds. The molecule has 4 nitrogen and oxygen atoms in total. The molecular weight excluding hydrogens is 190 g/mol. The van der Waals surface area contributed by atoms with Crippen LogP contribution >= 0.6 is 0 Å². The summed E-state index contributed by atoms with van der Waals surface area (Å²) in [5.74, 6) is 0. The molecule has 0 aliphatic heterocycles. The molecule has 0 atom stereocenters. The summed E-state index contributed by atoms with van der Waals surface area (Å²) in [6, 6.07) is 2.06. The molecule has 1 rings (SSSR count). The van der Waals surface area contributed by atoms with Crippen LogP contribution in [0.3, 0.4) is 0 Å². The topological polar surface area (TPSA) is 39.1 Å². The zero-order chi connectivity index (χ0) is 10.9. The van der Waals surface area contributed by atoms with Crippen LogP contribution in [-0.2, 0) is 18.2 Å². The largest absolute Gasteiger partial charge is 0.382 e. The molecule has 0 radical (unpaired) electrons. The van der Waals surface area contributed by atoms with Crippen molar-refractivity contribution in [3.63, 3.8) is 0 Å². The van der Waals surface area contributed by atoms with Gasteiger partial charge in [-0.05, 0) is 26.0 Å². The Kier molecular flexibility index (Phi) is 6.04. The molecule has 0 spiro atoms. The van der Waals surface area contributed by atoms with Gasteiger partial charge in [0, 0.05) is 45.1 Å². The molecule has 0 saturated carbocycles. The molecule has 4 heteroatoms. The van der Waals surface area contributed by atoms with Gasteiger partial charge in [-0.15, -0.1) is 0 Å². The van der Waals surface area contributed by atoms with Crippen LogP contribution < -0.4 is 5.32 Å². The molecule has 0 bridgehead atoms. The number of rotatable bonds is 8. The van der Waals surface area contributed by atoms with E-state index in [2.05, 4.69) is 16.5 Å². The van der Waals surface area contributed by atoms with Crippen molar-refractivity contribution >= 4 is 0 Å². The van der Waals surface area contributed by atoms with Crippen LogP contribution in [-0.4, -0.2) is 36.1 Å². The molecular formula is C11H21N3O. The lowest BCUT2D eigenvalue weighted by Crippen LogP contribution is -2.20. The molecule has 0 aromatic carbocycles.